The minimum Gasteiger partial charge on any atom is -0.508 e. The largest absolute Gasteiger partial charge is 0.508 e. The molecule has 0 aliphatic carbocycles. The van der Waals surface area contributed by atoms with Crippen LogP contribution in [0, 0.1) is 5.41 Å². The van der Waals surface area contributed by atoms with Crippen LogP contribution < -0.4 is 0 Å². The van der Waals surface area contributed by atoms with Crippen LogP contribution in [0.15, 0.2) is 54.6 Å². The van der Waals surface area contributed by atoms with Gasteiger partial charge < -0.3 is 9.84 Å². The van der Waals surface area contributed by atoms with Gasteiger partial charge in [-0.2, -0.15) is 0 Å². The van der Waals surface area contributed by atoms with Crippen molar-refractivity contribution < 1.29 is 14.6 Å². The number of benzene rings is 2. The average molecular weight is 298 g/mol. The fourth-order valence-electron chi connectivity index (χ4n) is 2.78. The first-order valence-electron chi connectivity index (χ1n) is 7.37. The maximum absolute atomic E-state index is 11.2. The maximum atomic E-state index is 11.2. The second-order valence-electron chi connectivity index (χ2n) is 6.20. The molecule has 22 heavy (non-hydrogen) atoms. The summed E-state index contributed by atoms with van der Waals surface area (Å²) in [6.07, 6.45) is 0. The van der Waals surface area contributed by atoms with Gasteiger partial charge in [0.25, 0.3) is 0 Å². The summed E-state index contributed by atoms with van der Waals surface area (Å²) in [5.41, 5.74) is 1.97. The zero-order chi connectivity index (χ0) is 16.2. The molecule has 0 spiro atoms. The van der Waals surface area contributed by atoms with E-state index in [1.54, 1.807) is 12.1 Å². The molecule has 2 rings (SSSR count). The van der Waals surface area contributed by atoms with Crippen molar-refractivity contribution >= 4 is 5.97 Å². The van der Waals surface area contributed by atoms with Gasteiger partial charge in [-0.25, -0.2) is 0 Å². The van der Waals surface area contributed by atoms with E-state index in [0.29, 0.717) is 6.61 Å². The van der Waals surface area contributed by atoms with Crippen LogP contribution in [0.2, 0.25) is 0 Å². The first-order valence-corrected chi connectivity index (χ1v) is 7.37. The highest BCUT2D eigenvalue weighted by atomic mass is 16.5. The van der Waals surface area contributed by atoms with Gasteiger partial charge in [0.2, 0.25) is 0 Å². The van der Waals surface area contributed by atoms with E-state index in [-0.39, 0.29) is 23.1 Å². The standard InChI is InChI=1S/C19H22O3/c1-14(20)22-13-19(2,3)18(15-7-5-4-6-8-15)16-9-11-17(21)12-10-16/h4-12,18,21H,13H2,1-3H3/t18-/m0/s1. The molecule has 0 unspecified atom stereocenters. The van der Waals surface area contributed by atoms with Crippen molar-refractivity contribution in [2.45, 2.75) is 26.7 Å². The molecule has 1 atom stereocenters. The third-order valence-electron chi connectivity index (χ3n) is 3.79. The number of aromatic hydroxyl groups is 1. The number of esters is 1. The molecule has 116 valence electrons. The molecule has 3 nitrogen and oxygen atoms in total. The molecule has 0 amide bonds. The van der Waals surface area contributed by atoms with E-state index in [1.165, 1.54) is 6.92 Å². The Bertz CT molecular complexity index is 615. The van der Waals surface area contributed by atoms with Gasteiger partial charge in [0, 0.05) is 18.3 Å². The normalized spacial score (nSPS) is 12.7. The summed E-state index contributed by atoms with van der Waals surface area (Å²) in [6.45, 7) is 5.93. The Morgan fingerprint density at radius 3 is 2.14 bits per heavy atom. The van der Waals surface area contributed by atoms with Crippen molar-refractivity contribution in [3.63, 3.8) is 0 Å². The van der Waals surface area contributed by atoms with E-state index >= 15 is 0 Å². The van der Waals surface area contributed by atoms with Crippen molar-refractivity contribution in [3.05, 3.63) is 65.7 Å². The molecular formula is C19H22O3. The minimum atomic E-state index is -0.274. The summed E-state index contributed by atoms with van der Waals surface area (Å²) in [5.74, 6) is 0.0348. The zero-order valence-corrected chi connectivity index (χ0v) is 13.2. The number of rotatable bonds is 5. The van der Waals surface area contributed by atoms with Crippen LogP contribution in [0.3, 0.4) is 0 Å². The topological polar surface area (TPSA) is 46.5 Å². The highest BCUT2D eigenvalue weighted by Gasteiger charge is 2.33. The zero-order valence-electron chi connectivity index (χ0n) is 13.2. The lowest BCUT2D eigenvalue weighted by molar-refractivity contribution is -0.144. The number of hydrogen-bond donors (Lipinski definition) is 1. The first kappa shape index (κ1) is 16.1. The molecule has 0 heterocycles. The molecular weight excluding hydrogens is 276 g/mol. The third kappa shape index (κ3) is 3.88. The van der Waals surface area contributed by atoms with Crippen molar-refractivity contribution in [3.8, 4) is 5.75 Å². The van der Waals surface area contributed by atoms with Gasteiger partial charge in [0.05, 0.1) is 6.61 Å². The van der Waals surface area contributed by atoms with Crippen molar-refractivity contribution in [2.75, 3.05) is 6.61 Å². The summed E-state index contributed by atoms with van der Waals surface area (Å²) in [7, 11) is 0. The predicted molar refractivity (Wildman–Crippen MR) is 86.8 cm³/mol. The summed E-state index contributed by atoms with van der Waals surface area (Å²) < 4.78 is 5.27. The molecule has 0 fully saturated rings. The Morgan fingerprint density at radius 2 is 1.59 bits per heavy atom. The Kier molecular flexibility index (Phi) is 4.86. The highest BCUT2D eigenvalue weighted by molar-refractivity contribution is 5.66. The third-order valence-corrected chi connectivity index (χ3v) is 3.79. The van der Waals surface area contributed by atoms with Gasteiger partial charge >= 0.3 is 5.97 Å². The van der Waals surface area contributed by atoms with Gasteiger partial charge in [-0.3, -0.25) is 4.79 Å². The van der Waals surface area contributed by atoms with Crippen LogP contribution in [0.4, 0.5) is 0 Å². The molecule has 0 radical (unpaired) electrons. The van der Waals surface area contributed by atoms with Crippen LogP contribution in [-0.4, -0.2) is 17.7 Å². The van der Waals surface area contributed by atoms with Crippen LogP contribution in [0.25, 0.3) is 0 Å². The second-order valence-corrected chi connectivity index (χ2v) is 6.20. The fraction of sp³-hybridized carbons (Fsp3) is 0.316. The molecule has 0 saturated carbocycles. The van der Waals surface area contributed by atoms with Crippen LogP contribution in [0.5, 0.6) is 5.75 Å². The van der Waals surface area contributed by atoms with Gasteiger partial charge in [-0.15, -0.1) is 0 Å². The summed E-state index contributed by atoms with van der Waals surface area (Å²) in [5, 5.41) is 9.52. The Labute approximate surface area is 131 Å². The summed E-state index contributed by atoms with van der Waals surface area (Å²) in [6, 6.07) is 17.4. The van der Waals surface area contributed by atoms with Gasteiger partial charge in [-0.1, -0.05) is 56.3 Å². The number of phenolic OH excluding ortho intramolecular Hbond substituents is 1. The molecule has 2 aromatic rings. The first-order chi connectivity index (χ1) is 10.4. The Hall–Kier alpha value is -2.29. The molecule has 3 heteroatoms. The van der Waals surface area contributed by atoms with Crippen LogP contribution in [-0.2, 0) is 9.53 Å². The highest BCUT2D eigenvalue weighted by Crippen LogP contribution is 2.41. The Balaban J connectivity index is 2.41. The lowest BCUT2D eigenvalue weighted by atomic mass is 9.71. The average Bonchev–Trinajstić information content (AvgIpc) is 2.48. The lowest BCUT2D eigenvalue weighted by Crippen LogP contribution is -2.29. The fourth-order valence-corrected chi connectivity index (χ4v) is 2.78. The number of carbonyl (C=O) groups excluding carboxylic acids is 1. The van der Waals surface area contributed by atoms with Crippen LogP contribution in [0.1, 0.15) is 37.8 Å². The Morgan fingerprint density at radius 1 is 1.05 bits per heavy atom. The molecule has 0 saturated heterocycles. The van der Waals surface area contributed by atoms with Crippen molar-refractivity contribution in [1.82, 2.24) is 0 Å². The van der Waals surface area contributed by atoms with Crippen molar-refractivity contribution in [2.24, 2.45) is 5.41 Å². The molecule has 0 aromatic heterocycles. The molecule has 2 aromatic carbocycles. The van der Waals surface area contributed by atoms with E-state index in [9.17, 15) is 9.90 Å². The molecule has 0 aliphatic heterocycles. The summed E-state index contributed by atoms with van der Waals surface area (Å²) in [4.78, 5) is 11.2. The minimum absolute atomic E-state index is 0.0636. The number of carbonyl (C=O) groups is 1. The van der Waals surface area contributed by atoms with Gasteiger partial charge in [0.1, 0.15) is 5.75 Å². The van der Waals surface area contributed by atoms with E-state index in [4.69, 9.17) is 4.74 Å². The lowest BCUT2D eigenvalue weighted by Gasteiger charge is -2.34. The molecule has 1 N–H and O–H groups in total. The van der Waals surface area contributed by atoms with E-state index in [0.717, 1.165) is 11.1 Å². The number of ether oxygens (including phenoxy) is 1. The second kappa shape index (κ2) is 6.65. The smallest absolute Gasteiger partial charge is 0.302 e. The van der Waals surface area contributed by atoms with E-state index in [1.807, 2.05) is 30.3 Å². The monoisotopic (exact) mass is 298 g/mol. The molecule has 0 bridgehead atoms. The van der Waals surface area contributed by atoms with Gasteiger partial charge in [-0.05, 0) is 23.3 Å². The van der Waals surface area contributed by atoms with Crippen molar-refractivity contribution in [1.29, 1.82) is 0 Å². The van der Waals surface area contributed by atoms with E-state index < -0.39 is 0 Å². The quantitative estimate of drug-likeness (QED) is 0.845. The number of hydrogen-bond acceptors (Lipinski definition) is 3. The predicted octanol–water partition coefficient (Wildman–Crippen LogP) is 4.11. The SMILES string of the molecule is CC(=O)OCC(C)(C)[C@@H](c1ccccc1)c1ccc(O)cc1. The number of phenols is 1. The maximum Gasteiger partial charge on any atom is 0.302 e. The van der Waals surface area contributed by atoms with Gasteiger partial charge in [0.15, 0.2) is 0 Å². The van der Waals surface area contributed by atoms with Crippen LogP contribution >= 0.6 is 0 Å². The molecule has 0 aliphatic rings. The summed E-state index contributed by atoms with van der Waals surface area (Å²) >= 11 is 0. The van der Waals surface area contributed by atoms with E-state index in [2.05, 4.69) is 26.0 Å².